The summed E-state index contributed by atoms with van der Waals surface area (Å²) in [6.45, 7) is 2.64. The van der Waals surface area contributed by atoms with E-state index in [9.17, 15) is 4.79 Å². The Morgan fingerprint density at radius 2 is 2.24 bits per heavy atom. The molecule has 0 aliphatic heterocycles. The maximum absolute atomic E-state index is 10.5. The van der Waals surface area contributed by atoms with Crippen molar-refractivity contribution in [1.29, 1.82) is 0 Å². The Hall–Kier alpha value is -1.89. The number of carbonyl (C=O) groups is 1. The van der Waals surface area contributed by atoms with E-state index in [-0.39, 0.29) is 5.91 Å². The SMILES string of the molecule is Cc1cnc(NN)nc1NCCCCC(N)=O. The van der Waals surface area contributed by atoms with E-state index < -0.39 is 0 Å². The van der Waals surface area contributed by atoms with Gasteiger partial charge in [0.1, 0.15) is 5.82 Å². The smallest absolute Gasteiger partial charge is 0.239 e. The molecule has 94 valence electrons. The Labute approximate surface area is 100.0 Å². The summed E-state index contributed by atoms with van der Waals surface area (Å²) in [6, 6.07) is 0. The van der Waals surface area contributed by atoms with E-state index >= 15 is 0 Å². The number of rotatable bonds is 7. The van der Waals surface area contributed by atoms with Crippen molar-refractivity contribution in [3.05, 3.63) is 11.8 Å². The first-order valence-electron chi connectivity index (χ1n) is 5.46. The highest BCUT2D eigenvalue weighted by atomic mass is 16.1. The molecule has 0 atom stereocenters. The van der Waals surface area contributed by atoms with Crippen molar-refractivity contribution in [2.75, 3.05) is 17.3 Å². The minimum Gasteiger partial charge on any atom is -0.370 e. The molecule has 0 spiro atoms. The number of amides is 1. The third kappa shape index (κ3) is 4.64. The Bertz CT molecular complexity index is 381. The van der Waals surface area contributed by atoms with Gasteiger partial charge in [-0.15, -0.1) is 0 Å². The predicted octanol–water partition coefficient (Wildman–Crippen LogP) is 0.138. The molecule has 0 fully saturated rings. The van der Waals surface area contributed by atoms with Gasteiger partial charge in [0.15, 0.2) is 0 Å². The third-order valence-corrected chi connectivity index (χ3v) is 2.24. The quantitative estimate of drug-likeness (QED) is 0.305. The van der Waals surface area contributed by atoms with E-state index in [1.54, 1.807) is 6.20 Å². The van der Waals surface area contributed by atoms with Crippen LogP contribution in [-0.2, 0) is 4.79 Å². The fraction of sp³-hybridized carbons (Fsp3) is 0.500. The van der Waals surface area contributed by atoms with Crippen LogP contribution < -0.4 is 22.3 Å². The summed E-state index contributed by atoms with van der Waals surface area (Å²) in [5.74, 6) is 6.07. The first-order chi connectivity index (χ1) is 8.13. The van der Waals surface area contributed by atoms with Crippen molar-refractivity contribution in [3.8, 4) is 0 Å². The molecule has 0 saturated carbocycles. The second-order valence-electron chi connectivity index (χ2n) is 3.72. The second kappa shape index (κ2) is 6.64. The van der Waals surface area contributed by atoms with Gasteiger partial charge in [0, 0.05) is 24.7 Å². The van der Waals surface area contributed by atoms with Crippen LogP contribution in [0, 0.1) is 6.92 Å². The molecule has 6 N–H and O–H groups in total. The number of nitrogens with two attached hydrogens (primary N) is 2. The molecule has 0 aliphatic carbocycles. The zero-order valence-corrected chi connectivity index (χ0v) is 9.86. The minimum atomic E-state index is -0.266. The number of primary amides is 1. The van der Waals surface area contributed by atoms with Gasteiger partial charge in [0.2, 0.25) is 11.9 Å². The summed E-state index contributed by atoms with van der Waals surface area (Å²) >= 11 is 0. The van der Waals surface area contributed by atoms with Gasteiger partial charge in [-0.3, -0.25) is 10.2 Å². The van der Waals surface area contributed by atoms with E-state index in [4.69, 9.17) is 11.6 Å². The Kier molecular flexibility index (Phi) is 5.15. The zero-order valence-electron chi connectivity index (χ0n) is 9.86. The lowest BCUT2D eigenvalue weighted by Gasteiger charge is -2.09. The Morgan fingerprint density at radius 3 is 2.88 bits per heavy atom. The Morgan fingerprint density at radius 1 is 1.47 bits per heavy atom. The van der Waals surface area contributed by atoms with Crippen molar-refractivity contribution in [2.24, 2.45) is 11.6 Å². The molecular formula is C10H18N6O. The van der Waals surface area contributed by atoms with Gasteiger partial charge in [-0.25, -0.2) is 10.8 Å². The molecule has 0 unspecified atom stereocenters. The highest BCUT2D eigenvalue weighted by Gasteiger charge is 2.02. The van der Waals surface area contributed by atoms with Crippen LogP contribution in [0.5, 0.6) is 0 Å². The number of nitrogens with zero attached hydrogens (tertiary/aromatic N) is 2. The van der Waals surface area contributed by atoms with Crippen molar-refractivity contribution < 1.29 is 4.79 Å². The minimum absolute atomic E-state index is 0.266. The topological polar surface area (TPSA) is 119 Å². The third-order valence-electron chi connectivity index (χ3n) is 2.24. The van der Waals surface area contributed by atoms with Crippen LogP contribution in [0.2, 0.25) is 0 Å². The molecule has 1 aromatic heterocycles. The van der Waals surface area contributed by atoms with Crippen LogP contribution in [-0.4, -0.2) is 22.4 Å². The molecule has 1 aromatic rings. The summed E-state index contributed by atoms with van der Waals surface area (Å²) in [6.07, 6.45) is 3.74. The molecule has 0 bridgehead atoms. The highest BCUT2D eigenvalue weighted by molar-refractivity contribution is 5.73. The van der Waals surface area contributed by atoms with Crippen LogP contribution in [0.4, 0.5) is 11.8 Å². The molecule has 17 heavy (non-hydrogen) atoms. The molecule has 0 aliphatic rings. The lowest BCUT2D eigenvalue weighted by atomic mass is 10.2. The highest BCUT2D eigenvalue weighted by Crippen LogP contribution is 2.11. The number of hydrazine groups is 1. The molecule has 1 heterocycles. The molecule has 7 heteroatoms. The van der Waals surface area contributed by atoms with Crippen LogP contribution >= 0.6 is 0 Å². The maximum Gasteiger partial charge on any atom is 0.239 e. The van der Waals surface area contributed by atoms with Crippen molar-refractivity contribution >= 4 is 17.7 Å². The van der Waals surface area contributed by atoms with Gasteiger partial charge >= 0.3 is 0 Å². The molecule has 0 aromatic carbocycles. The average Bonchev–Trinajstić information content (AvgIpc) is 2.30. The van der Waals surface area contributed by atoms with Gasteiger partial charge in [0.25, 0.3) is 0 Å². The summed E-state index contributed by atoms with van der Waals surface area (Å²) < 4.78 is 0. The number of hydrogen-bond acceptors (Lipinski definition) is 6. The number of nitrogen functional groups attached to an aromatic ring is 1. The molecule has 7 nitrogen and oxygen atoms in total. The van der Waals surface area contributed by atoms with E-state index in [0.29, 0.717) is 12.4 Å². The normalized spacial score (nSPS) is 10.0. The van der Waals surface area contributed by atoms with Gasteiger partial charge < -0.3 is 11.1 Å². The number of nitrogens with one attached hydrogen (secondary N) is 2. The van der Waals surface area contributed by atoms with E-state index in [1.807, 2.05) is 6.92 Å². The zero-order chi connectivity index (χ0) is 12.7. The molecule has 1 amide bonds. The van der Waals surface area contributed by atoms with Crippen molar-refractivity contribution in [2.45, 2.75) is 26.2 Å². The lowest BCUT2D eigenvalue weighted by Crippen LogP contribution is -2.14. The number of hydrogen-bond donors (Lipinski definition) is 4. The first kappa shape index (κ1) is 13.2. The largest absolute Gasteiger partial charge is 0.370 e. The Balaban J connectivity index is 2.38. The number of aryl methyl sites for hydroxylation is 1. The molecule has 1 rings (SSSR count). The maximum atomic E-state index is 10.5. The van der Waals surface area contributed by atoms with Gasteiger partial charge in [-0.05, 0) is 19.8 Å². The van der Waals surface area contributed by atoms with Crippen LogP contribution in [0.3, 0.4) is 0 Å². The average molecular weight is 238 g/mol. The van der Waals surface area contributed by atoms with Gasteiger partial charge in [-0.2, -0.15) is 4.98 Å². The fourth-order valence-electron chi connectivity index (χ4n) is 1.32. The second-order valence-corrected chi connectivity index (χ2v) is 3.72. The standard InChI is InChI=1S/C10H18N6O/c1-7-6-14-10(16-12)15-9(7)13-5-3-2-4-8(11)17/h6H,2-5,12H2,1H3,(H2,11,17)(H2,13,14,15,16). The van der Waals surface area contributed by atoms with Crippen LogP contribution in [0.15, 0.2) is 6.20 Å². The molecule has 0 saturated heterocycles. The number of carbonyl (C=O) groups excluding carboxylic acids is 1. The fourth-order valence-corrected chi connectivity index (χ4v) is 1.32. The summed E-state index contributed by atoms with van der Waals surface area (Å²) in [7, 11) is 0. The first-order valence-corrected chi connectivity index (χ1v) is 5.46. The molecule has 0 radical (unpaired) electrons. The van der Waals surface area contributed by atoms with E-state index in [2.05, 4.69) is 20.7 Å². The van der Waals surface area contributed by atoms with Crippen LogP contribution in [0.1, 0.15) is 24.8 Å². The van der Waals surface area contributed by atoms with Gasteiger partial charge in [0.05, 0.1) is 0 Å². The number of anilines is 2. The summed E-state index contributed by atoms with van der Waals surface area (Å²) in [4.78, 5) is 18.7. The number of aromatic nitrogens is 2. The van der Waals surface area contributed by atoms with Gasteiger partial charge in [-0.1, -0.05) is 0 Å². The van der Waals surface area contributed by atoms with Crippen molar-refractivity contribution in [1.82, 2.24) is 9.97 Å². The van der Waals surface area contributed by atoms with E-state index in [0.717, 1.165) is 30.8 Å². The van der Waals surface area contributed by atoms with Crippen molar-refractivity contribution in [3.63, 3.8) is 0 Å². The summed E-state index contributed by atoms with van der Waals surface area (Å²) in [5, 5.41) is 3.16. The number of unbranched alkanes of at least 4 members (excludes halogenated alkanes) is 1. The molecular weight excluding hydrogens is 220 g/mol. The summed E-state index contributed by atoms with van der Waals surface area (Å²) in [5.41, 5.74) is 8.38. The van der Waals surface area contributed by atoms with E-state index in [1.165, 1.54) is 0 Å². The lowest BCUT2D eigenvalue weighted by molar-refractivity contribution is -0.118. The van der Waals surface area contributed by atoms with Crippen LogP contribution in [0.25, 0.3) is 0 Å². The monoisotopic (exact) mass is 238 g/mol. The predicted molar refractivity (Wildman–Crippen MR) is 66.1 cm³/mol.